The standard InChI is InChI=1S/C32H31F3N6O3S/c1-21(2)27-19-26(43-3)13-14-28(27)40-17-4-18-45-31(40)38-30(42)36-16-15-22-5-7-23(8-6-22)29-37-20-41(39-29)24-9-11-25(12-10-24)44-32(33,34)35/h5-16,19-21H,4,17-18H2,1-3H3,(H,36,42)/b16-15+,38-31-. The van der Waals surface area contributed by atoms with Crippen LogP contribution in [-0.4, -0.2) is 51.7 Å². The number of hydrogen-bond donors (Lipinski definition) is 1. The van der Waals surface area contributed by atoms with Gasteiger partial charge in [-0.05, 0) is 72.0 Å². The fourth-order valence-electron chi connectivity index (χ4n) is 4.64. The Hall–Kier alpha value is -4.78. The summed E-state index contributed by atoms with van der Waals surface area (Å²) in [5.74, 6) is 2.06. The van der Waals surface area contributed by atoms with Gasteiger partial charge >= 0.3 is 12.4 Å². The number of hydrogen-bond acceptors (Lipinski definition) is 6. The molecule has 1 N–H and O–H groups in total. The van der Waals surface area contributed by atoms with E-state index in [2.05, 4.69) is 43.9 Å². The van der Waals surface area contributed by atoms with Gasteiger partial charge in [-0.15, -0.1) is 18.3 Å². The summed E-state index contributed by atoms with van der Waals surface area (Å²) in [6.07, 6.45) is 1.00. The lowest BCUT2D eigenvalue weighted by Gasteiger charge is -2.32. The van der Waals surface area contributed by atoms with E-state index in [1.54, 1.807) is 31.1 Å². The predicted molar refractivity (Wildman–Crippen MR) is 170 cm³/mol. The number of amides is 2. The Balaban J connectivity index is 1.21. The van der Waals surface area contributed by atoms with Crippen molar-refractivity contribution in [1.82, 2.24) is 20.1 Å². The maximum atomic E-state index is 12.8. The molecule has 2 amide bonds. The lowest BCUT2D eigenvalue weighted by molar-refractivity contribution is -0.274. The molecule has 0 aliphatic carbocycles. The number of thioether (sulfide) groups is 1. The third-order valence-electron chi connectivity index (χ3n) is 6.81. The van der Waals surface area contributed by atoms with Crippen LogP contribution in [0.3, 0.4) is 0 Å². The van der Waals surface area contributed by atoms with Crippen LogP contribution in [0.15, 0.2) is 84.2 Å². The number of methoxy groups -OCH3 is 1. The molecule has 0 saturated carbocycles. The number of nitrogens with zero attached hydrogens (tertiary/aromatic N) is 5. The topological polar surface area (TPSA) is 93.9 Å². The van der Waals surface area contributed by atoms with Gasteiger partial charge < -0.3 is 19.7 Å². The molecule has 1 aliphatic rings. The van der Waals surface area contributed by atoms with E-state index >= 15 is 0 Å². The molecule has 234 valence electrons. The average molecular weight is 637 g/mol. The highest BCUT2D eigenvalue weighted by molar-refractivity contribution is 8.14. The molecule has 2 heterocycles. The fourth-order valence-corrected chi connectivity index (χ4v) is 5.58. The van der Waals surface area contributed by atoms with Crippen LogP contribution < -0.4 is 19.7 Å². The number of carbonyl (C=O) groups is 1. The minimum Gasteiger partial charge on any atom is -0.497 e. The zero-order chi connectivity index (χ0) is 32.0. The molecule has 0 spiro atoms. The number of halogens is 3. The molecule has 1 aliphatic heterocycles. The van der Waals surface area contributed by atoms with Crippen LogP contribution >= 0.6 is 11.8 Å². The second-order valence-corrected chi connectivity index (χ2v) is 11.3. The molecule has 0 unspecified atom stereocenters. The zero-order valence-corrected chi connectivity index (χ0v) is 25.6. The number of urea groups is 1. The zero-order valence-electron chi connectivity index (χ0n) is 24.8. The van der Waals surface area contributed by atoms with Crippen molar-refractivity contribution in [3.8, 4) is 28.6 Å². The first kappa shape index (κ1) is 31.6. The number of alkyl halides is 3. The summed E-state index contributed by atoms with van der Waals surface area (Å²) in [6, 6.07) is 18.2. The summed E-state index contributed by atoms with van der Waals surface area (Å²) in [5, 5.41) is 7.80. The maximum Gasteiger partial charge on any atom is 0.573 e. The molecule has 0 radical (unpaired) electrons. The molecule has 0 bridgehead atoms. The summed E-state index contributed by atoms with van der Waals surface area (Å²) in [5.41, 5.74) is 4.25. The number of aliphatic imine (C=N–C) groups is 1. The minimum absolute atomic E-state index is 0.264. The summed E-state index contributed by atoms with van der Waals surface area (Å²) < 4.78 is 48.0. The van der Waals surface area contributed by atoms with Crippen molar-refractivity contribution in [3.05, 3.63) is 90.4 Å². The summed E-state index contributed by atoms with van der Waals surface area (Å²) >= 11 is 1.56. The normalized spacial score (nSPS) is 14.7. The van der Waals surface area contributed by atoms with Crippen molar-refractivity contribution < 1.29 is 27.4 Å². The van der Waals surface area contributed by atoms with Crippen molar-refractivity contribution in [1.29, 1.82) is 0 Å². The Labute approximate surface area is 262 Å². The van der Waals surface area contributed by atoms with Gasteiger partial charge in [-0.2, -0.15) is 4.99 Å². The minimum atomic E-state index is -4.75. The number of nitrogens with one attached hydrogen (secondary N) is 1. The maximum absolute atomic E-state index is 12.8. The van der Waals surface area contributed by atoms with E-state index in [9.17, 15) is 18.0 Å². The first-order valence-electron chi connectivity index (χ1n) is 14.1. The number of anilines is 1. The number of rotatable bonds is 8. The number of aromatic nitrogens is 3. The van der Waals surface area contributed by atoms with Crippen LogP contribution in [0.5, 0.6) is 11.5 Å². The SMILES string of the molecule is COc1ccc(N2CCCS/C2=N\C(=O)N/C=C/c2ccc(-c3ncn(-c4ccc(OC(F)(F)F)cc4)n3)cc2)c(C(C)C)c1. The van der Waals surface area contributed by atoms with Crippen molar-refractivity contribution in [2.24, 2.45) is 4.99 Å². The van der Waals surface area contributed by atoms with Crippen LogP contribution in [0.25, 0.3) is 23.2 Å². The Kier molecular flexibility index (Phi) is 9.77. The van der Waals surface area contributed by atoms with Crippen LogP contribution in [-0.2, 0) is 0 Å². The average Bonchev–Trinajstić information content (AvgIpc) is 3.51. The molecule has 13 heteroatoms. The molecule has 0 atom stereocenters. The largest absolute Gasteiger partial charge is 0.573 e. The van der Waals surface area contributed by atoms with E-state index < -0.39 is 12.4 Å². The van der Waals surface area contributed by atoms with Gasteiger partial charge in [-0.25, -0.2) is 14.5 Å². The fraction of sp³-hybridized carbons (Fsp3) is 0.250. The number of amidine groups is 1. The second kappa shape index (κ2) is 13.9. The quantitative estimate of drug-likeness (QED) is 0.212. The molecule has 1 fully saturated rings. The van der Waals surface area contributed by atoms with E-state index in [4.69, 9.17) is 4.74 Å². The van der Waals surface area contributed by atoms with Gasteiger partial charge in [0.05, 0.1) is 12.8 Å². The molecule has 1 saturated heterocycles. The van der Waals surface area contributed by atoms with Crippen molar-refractivity contribution in [2.75, 3.05) is 24.3 Å². The van der Waals surface area contributed by atoms with E-state index in [1.807, 2.05) is 42.5 Å². The van der Waals surface area contributed by atoms with Crippen LogP contribution in [0.4, 0.5) is 23.7 Å². The van der Waals surface area contributed by atoms with Gasteiger partial charge in [-0.1, -0.05) is 49.9 Å². The highest BCUT2D eigenvalue weighted by Crippen LogP contribution is 2.34. The number of carbonyl (C=O) groups excluding carboxylic acids is 1. The monoisotopic (exact) mass is 636 g/mol. The van der Waals surface area contributed by atoms with Crippen molar-refractivity contribution in [2.45, 2.75) is 32.5 Å². The van der Waals surface area contributed by atoms with Crippen LogP contribution in [0.1, 0.15) is 37.3 Å². The first-order chi connectivity index (χ1) is 21.6. The third kappa shape index (κ3) is 8.24. The van der Waals surface area contributed by atoms with Gasteiger partial charge in [0.25, 0.3) is 0 Å². The first-order valence-corrected chi connectivity index (χ1v) is 15.1. The van der Waals surface area contributed by atoms with E-state index in [0.29, 0.717) is 16.7 Å². The Morgan fingerprint density at radius 2 is 1.80 bits per heavy atom. The molecular formula is C32H31F3N6O3S. The van der Waals surface area contributed by atoms with E-state index in [-0.39, 0.29) is 11.7 Å². The highest BCUT2D eigenvalue weighted by atomic mass is 32.2. The van der Waals surface area contributed by atoms with E-state index in [0.717, 1.165) is 46.8 Å². The van der Waals surface area contributed by atoms with Crippen LogP contribution in [0.2, 0.25) is 0 Å². The van der Waals surface area contributed by atoms with Gasteiger partial charge in [0.2, 0.25) is 0 Å². The van der Waals surface area contributed by atoms with Crippen LogP contribution in [0, 0.1) is 0 Å². The molecule has 9 nitrogen and oxygen atoms in total. The molecule has 4 aromatic rings. The van der Waals surface area contributed by atoms with Gasteiger partial charge in [0, 0.05) is 29.7 Å². The van der Waals surface area contributed by atoms with Gasteiger partial charge in [-0.3, -0.25) is 0 Å². The molecule has 1 aromatic heterocycles. The Morgan fingerprint density at radius 3 is 2.49 bits per heavy atom. The van der Waals surface area contributed by atoms with Gasteiger partial charge in [0.1, 0.15) is 17.8 Å². The molecule has 3 aromatic carbocycles. The lowest BCUT2D eigenvalue weighted by Crippen LogP contribution is -2.36. The highest BCUT2D eigenvalue weighted by Gasteiger charge is 2.31. The number of ether oxygens (including phenoxy) is 2. The smallest absolute Gasteiger partial charge is 0.497 e. The molecule has 5 rings (SSSR count). The molecular weight excluding hydrogens is 605 g/mol. The van der Waals surface area contributed by atoms with Crippen molar-refractivity contribution >= 4 is 34.7 Å². The van der Waals surface area contributed by atoms with Gasteiger partial charge in [0.15, 0.2) is 11.0 Å². The van der Waals surface area contributed by atoms with Crippen molar-refractivity contribution in [3.63, 3.8) is 0 Å². The Bertz CT molecular complexity index is 1690. The predicted octanol–water partition coefficient (Wildman–Crippen LogP) is 7.64. The summed E-state index contributed by atoms with van der Waals surface area (Å²) in [4.78, 5) is 23.5. The third-order valence-corrected chi connectivity index (χ3v) is 7.87. The second-order valence-electron chi connectivity index (χ2n) is 10.3. The summed E-state index contributed by atoms with van der Waals surface area (Å²) in [7, 11) is 1.65. The summed E-state index contributed by atoms with van der Waals surface area (Å²) in [6.45, 7) is 5.02. The number of benzene rings is 3. The lowest BCUT2D eigenvalue weighted by atomic mass is 10.00. The Morgan fingerprint density at radius 1 is 1.07 bits per heavy atom. The van der Waals surface area contributed by atoms with E-state index in [1.165, 1.54) is 35.3 Å². The molecule has 45 heavy (non-hydrogen) atoms.